The molecule has 0 aliphatic carbocycles. The highest BCUT2D eigenvalue weighted by Crippen LogP contribution is 2.17. The second-order valence-electron chi connectivity index (χ2n) is 6.55. The SMILES string of the molecule is CC(NC(=O)c1ccco1)C(=O)NCc1ccc(S(=O)(=O)N2CCOCC2)cc1. The number of hydrogen-bond acceptors (Lipinski definition) is 6. The maximum atomic E-state index is 12.6. The Labute approximate surface area is 169 Å². The first-order valence-corrected chi connectivity index (χ1v) is 10.6. The van der Waals surface area contributed by atoms with Crippen LogP contribution in [0.5, 0.6) is 0 Å². The average molecular weight is 421 g/mol. The highest BCUT2D eigenvalue weighted by Gasteiger charge is 2.26. The second kappa shape index (κ2) is 9.21. The van der Waals surface area contributed by atoms with Gasteiger partial charge >= 0.3 is 0 Å². The molecule has 3 rings (SSSR count). The van der Waals surface area contributed by atoms with Crippen LogP contribution in [0.3, 0.4) is 0 Å². The molecule has 1 atom stereocenters. The number of carbonyl (C=O) groups excluding carboxylic acids is 2. The number of hydrogen-bond donors (Lipinski definition) is 2. The van der Waals surface area contributed by atoms with Crippen LogP contribution in [0.15, 0.2) is 52.0 Å². The van der Waals surface area contributed by atoms with Crippen LogP contribution in [0.2, 0.25) is 0 Å². The maximum Gasteiger partial charge on any atom is 0.287 e. The molecule has 1 aliphatic heterocycles. The molecule has 1 unspecified atom stereocenters. The topological polar surface area (TPSA) is 118 Å². The molecule has 9 nitrogen and oxygen atoms in total. The summed E-state index contributed by atoms with van der Waals surface area (Å²) in [4.78, 5) is 24.3. The molecule has 0 saturated carbocycles. The summed E-state index contributed by atoms with van der Waals surface area (Å²) in [5.41, 5.74) is 0.740. The zero-order valence-electron chi connectivity index (χ0n) is 16.0. The minimum atomic E-state index is -3.55. The lowest BCUT2D eigenvalue weighted by molar-refractivity contribution is -0.122. The van der Waals surface area contributed by atoms with Crippen LogP contribution in [-0.4, -0.2) is 56.9 Å². The van der Waals surface area contributed by atoms with Gasteiger partial charge in [0.2, 0.25) is 15.9 Å². The van der Waals surface area contributed by atoms with Crippen LogP contribution in [0.25, 0.3) is 0 Å². The van der Waals surface area contributed by atoms with Gasteiger partial charge in [-0.3, -0.25) is 9.59 Å². The minimum absolute atomic E-state index is 0.127. The molecule has 2 amide bonds. The number of carbonyl (C=O) groups is 2. The molecule has 1 saturated heterocycles. The number of rotatable bonds is 7. The third-order valence-electron chi connectivity index (χ3n) is 4.48. The van der Waals surface area contributed by atoms with Gasteiger partial charge in [-0.2, -0.15) is 4.31 Å². The van der Waals surface area contributed by atoms with Gasteiger partial charge in [0.15, 0.2) is 5.76 Å². The molecule has 10 heteroatoms. The Morgan fingerprint density at radius 3 is 2.45 bits per heavy atom. The van der Waals surface area contributed by atoms with Crippen molar-refractivity contribution in [2.24, 2.45) is 0 Å². The number of amides is 2. The number of furan rings is 1. The van der Waals surface area contributed by atoms with Crippen molar-refractivity contribution in [2.45, 2.75) is 24.4 Å². The molecule has 2 aromatic rings. The number of benzene rings is 1. The fourth-order valence-electron chi connectivity index (χ4n) is 2.80. The Balaban J connectivity index is 1.53. The summed E-state index contributed by atoms with van der Waals surface area (Å²) < 4.78 is 36.8. The summed E-state index contributed by atoms with van der Waals surface area (Å²) in [7, 11) is -3.55. The Kier molecular flexibility index (Phi) is 6.68. The quantitative estimate of drug-likeness (QED) is 0.681. The van der Waals surface area contributed by atoms with Crippen LogP contribution in [0.4, 0.5) is 0 Å². The van der Waals surface area contributed by atoms with Crippen LogP contribution in [0.1, 0.15) is 23.0 Å². The van der Waals surface area contributed by atoms with Crippen LogP contribution in [0, 0.1) is 0 Å². The minimum Gasteiger partial charge on any atom is -0.459 e. The third-order valence-corrected chi connectivity index (χ3v) is 6.40. The molecule has 0 radical (unpaired) electrons. The summed E-state index contributed by atoms with van der Waals surface area (Å²) in [6.07, 6.45) is 1.38. The molecule has 29 heavy (non-hydrogen) atoms. The first-order valence-electron chi connectivity index (χ1n) is 9.17. The molecule has 1 fully saturated rings. The molecule has 0 spiro atoms. The van der Waals surface area contributed by atoms with Crippen molar-refractivity contribution in [3.63, 3.8) is 0 Å². The van der Waals surface area contributed by atoms with Crippen LogP contribution in [-0.2, 0) is 26.1 Å². The average Bonchev–Trinajstić information content (AvgIpc) is 3.28. The fraction of sp³-hybridized carbons (Fsp3) is 0.368. The first-order chi connectivity index (χ1) is 13.9. The monoisotopic (exact) mass is 421 g/mol. The van der Waals surface area contributed by atoms with E-state index in [0.717, 1.165) is 5.56 Å². The third kappa shape index (κ3) is 5.22. The predicted octanol–water partition coefficient (Wildman–Crippen LogP) is 0.735. The largest absolute Gasteiger partial charge is 0.459 e. The lowest BCUT2D eigenvalue weighted by Crippen LogP contribution is -2.44. The zero-order valence-corrected chi connectivity index (χ0v) is 16.8. The van der Waals surface area contributed by atoms with Crippen LogP contribution >= 0.6 is 0 Å². The van der Waals surface area contributed by atoms with Gasteiger partial charge < -0.3 is 19.8 Å². The van der Waals surface area contributed by atoms with E-state index in [2.05, 4.69) is 10.6 Å². The molecule has 2 heterocycles. The van der Waals surface area contributed by atoms with Gasteiger partial charge in [0.1, 0.15) is 6.04 Å². The second-order valence-corrected chi connectivity index (χ2v) is 8.49. The lowest BCUT2D eigenvalue weighted by atomic mass is 10.2. The summed E-state index contributed by atoms with van der Waals surface area (Å²) >= 11 is 0. The van der Waals surface area contributed by atoms with Crippen molar-refractivity contribution in [1.82, 2.24) is 14.9 Å². The van der Waals surface area contributed by atoms with Crippen molar-refractivity contribution in [2.75, 3.05) is 26.3 Å². The molecular weight excluding hydrogens is 398 g/mol. The van der Waals surface area contributed by atoms with Gasteiger partial charge in [-0.15, -0.1) is 0 Å². The van der Waals surface area contributed by atoms with Crippen molar-refractivity contribution in [3.05, 3.63) is 54.0 Å². The van der Waals surface area contributed by atoms with E-state index in [9.17, 15) is 18.0 Å². The summed E-state index contributed by atoms with van der Waals surface area (Å²) in [6.45, 7) is 3.21. The van der Waals surface area contributed by atoms with Gasteiger partial charge in [-0.1, -0.05) is 12.1 Å². The molecular formula is C19H23N3O6S. The summed E-state index contributed by atoms with van der Waals surface area (Å²) in [5, 5.41) is 5.25. The molecule has 1 aliphatic rings. The highest BCUT2D eigenvalue weighted by molar-refractivity contribution is 7.89. The van der Waals surface area contributed by atoms with E-state index in [4.69, 9.17) is 9.15 Å². The number of nitrogens with one attached hydrogen (secondary N) is 2. The number of nitrogens with zero attached hydrogens (tertiary/aromatic N) is 1. The Morgan fingerprint density at radius 2 is 1.83 bits per heavy atom. The number of morpholine rings is 1. The Bertz CT molecular complexity index is 935. The Hall–Kier alpha value is -2.69. The van der Waals surface area contributed by atoms with Crippen molar-refractivity contribution >= 4 is 21.8 Å². The highest BCUT2D eigenvalue weighted by atomic mass is 32.2. The zero-order chi connectivity index (χ0) is 20.9. The van der Waals surface area contributed by atoms with Gasteiger partial charge in [0.05, 0.1) is 24.4 Å². The normalized spacial score (nSPS) is 16.2. The van der Waals surface area contributed by atoms with Crippen LogP contribution < -0.4 is 10.6 Å². The van der Waals surface area contributed by atoms with Crippen molar-refractivity contribution in [1.29, 1.82) is 0 Å². The van der Waals surface area contributed by atoms with Gasteiger partial charge in [-0.25, -0.2) is 8.42 Å². The summed E-state index contributed by atoms with van der Waals surface area (Å²) in [5.74, 6) is -0.716. The number of ether oxygens (including phenoxy) is 1. The molecule has 0 bridgehead atoms. The predicted molar refractivity (Wildman–Crippen MR) is 104 cm³/mol. The molecule has 2 N–H and O–H groups in total. The molecule has 1 aromatic carbocycles. The van der Waals surface area contributed by atoms with E-state index >= 15 is 0 Å². The van der Waals surface area contributed by atoms with Crippen molar-refractivity contribution < 1.29 is 27.2 Å². The van der Waals surface area contributed by atoms with E-state index < -0.39 is 22.0 Å². The van der Waals surface area contributed by atoms with Gasteiger partial charge in [0, 0.05) is 19.6 Å². The van der Waals surface area contributed by atoms with E-state index in [1.54, 1.807) is 25.1 Å². The van der Waals surface area contributed by atoms with E-state index in [0.29, 0.717) is 26.3 Å². The number of sulfonamides is 1. The first kappa shape index (κ1) is 21.0. The van der Waals surface area contributed by atoms with E-state index in [1.807, 2.05) is 0 Å². The van der Waals surface area contributed by atoms with Gasteiger partial charge in [-0.05, 0) is 36.8 Å². The molecule has 1 aromatic heterocycles. The lowest BCUT2D eigenvalue weighted by Gasteiger charge is -2.26. The fourth-order valence-corrected chi connectivity index (χ4v) is 4.21. The Morgan fingerprint density at radius 1 is 1.14 bits per heavy atom. The molecule has 156 valence electrons. The van der Waals surface area contributed by atoms with E-state index in [1.165, 1.54) is 28.8 Å². The standard InChI is InChI=1S/C19H23N3O6S/c1-14(21-19(24)17-3-2-10-28-17)18(23)20-13-15-4-6-16(7-5-15)29(25,26)22-8-11-27-12-9-22/h2-7,10,14H,8-9,11-13H2,1H3,(H,20,23)(H,21,24). The maximum absolute atomic E-state index is 12.6. The summed E-state index contributed by atoms with van der Waals surface area (Å²) in [6, 6.07) is 8.69. The van der Waals surface area contributed by atoms with Crippen molar-refractivity contribution in [3.8, 4) is 0 Å². The smallest absolute Gasteiger partial charge is 0.287 e. The van der Waals surface area contributed by atoms with E-state index in [-0.39, 0.29) is 23.1 Å². The van der Waals surface area contributed by atoms with Gasteiger partial charge in [0.25, 0.3) is 5.91 Å².